The monoisotopic (exact) mass is 268 g/mol. The number of rotatable bonds is 7. The second-order valence-electron chi connectivity index (χ2n) is 5.16. The number of nitrogens with zero attached hydrogens (tertiary/aromatic N) is 1. The van der Waals surface area contributed by atoms with Crippen molar-refractivity contribution in [1.82, 2.24) is 4.90 Å². The molecular formula is C15H25FN2O. The Morgan fingerprint density at radius 1 is 1.37 bits per heavy atom. The molecule has 0 saturated carbocycles. The largest absolute Gasteiger partial charge is 0.377 e. The first-order valence-corrected chi connectivity index (χ1v) is 6.73. The maximum atomic E-state index is 13.3. The van der Waals surface area contributed by atoms with Gasteiger partial charge in [-0.05, 0) is 45.0 Å². The number of ether oxygens (including phenoxy) is 1. The summed E-state index contributed by atoms with van der Waals surface area (Å²) in [6, 6.07) is 5.27. The lowest BCUT2D eigenvalue weighted by atomic mass is 10.0. The summed E-state index contributed by atoms with van der Waals surface area (Å²) in [5, 5.41) is 0. The molecule has 0 heterocycles. The highest BCUT2D eigenvalue weighted by atomic mass is 19.1. The summed E-state index contributed by atoms with van der Waals surface area (Å²) < 4.78 is 18.8. The Balaban J connectivity index is 2.67. The van der Waals surface area contributed by atoms with E-state index < -0.39 is 0 Å². The van der Waals surface area contributed by atoms with E-state index in [9.17, 15) is 4.39 Å². The van der Waals surface area contributed by atoms with Crippen LogP contribution in [0.2, 0.25) is 0 Å². The Bertz CT molecular complexity index is 396. The van der Waals surface area contributed by atoms with Gasteiger partial charge in [-0.1, -0.05) is 12.1 Å². The maximum Gasteiger partial charge on any atom is 0.126 e. The van der Waals surface area contributed by atoms with Crippen molar-refractivity contribution in [2.45, 2.75) is 32.9 Å². The zero-order valence-corrected chi connectivity index (χ0v) is 12.3. The smallest absolute Gasteiger partial charge is 0.126 e. The lowest BCUT2D eigenvalue weighted by Gasteiger charge is -2.28. The lowest BCUT2D eigenvalue weighted by Crippen LogP contribution is -2.33. The van der Waals surface area contributed by atoms with Crippen LogP contribution < -0.4 is 5.73 Å². The number of nitrogens with two attached hydrogens (primary N) is 1. The van der Waals surface area contributed by atoms with Crippen molar-refractivity contribution in [2.24, 2.45) is 5.73 Å². The van der Waals surface area contributed by atoms with Crippen molar-refractivity contribution >= 4 is 0 Å². The van der Waals surface area contributed by atoms with E-state index in [2.05, 4.69) is 4.90 Å². The van der Waals surface area contributed by atoms with E-state index in [1.54, 1.807) is 13.0 Å². The molecule has 2 N–H and O–H groups in total. The zero-order chi connectivity index (χ0) is 14.4. The number of likely N-dealkylation sites (N-methyl/N-ethyl adjacent to an activating group) is 1. The van der Waals surface area contributed by atoms with Gasteiger partial charge in [0.05, 0.1) is 12.7 Å². The van der Waals surface area contributed by atoms with Crippen LogP contribution in [-0.2, 0) is 4.74 Å². The van der Waals surface area contributed by atoms with E-state index in [1.165, 1.54) is 6.07 Å². The van der Waals surface area contributed by atoms with Crippen LogP contribution in [0, 0.1) is 12.7 Å². The van der Waals surface area contributed by atoms with E-state index in [0.717, 1.165) is 12.1 Å². The molecule has 1 aromatic carbocycles. The molecule has 0 saturated heterocycles. The van der Waals surface area contributed by atoms with Crippen LogP contribution in [0.25, 0.3) is 0 Å². The highest BCUT2D eigenvalue weighted by molar-refractivity contribution is 5.26. The molecular weight excluding hydrogens is 243 g/mol. The van der Waals surface area contributed by atoms with Crippen LogP contribution in [0.4, 0.5) is 4.39 Å². The number of aryl methyl sites for hydroxylation is 1. The van der Waals surface area contributed by atoms with Crippen LogP contribution in [-0.4, -0.2) is 37.7 Å². The van der Waals surface area contributed by atoms with Gasteiger partial charge in [0, 0.05) is 19.1 Å². The lowest BCUT2D eigenvalue weighted by molar-refractivity contribution is 0.0564. The van der Waals surface area contributed by atoms with Gasteiger partial charge in [0.2, 0.25) is 0 Å². The number of halogens is 1. The third-order valence-electron chi connectivity index (χ3n) is 3.22. The Morgan fingerprint density at radius 3 is 2.58 bits per heavy atom. The second kappa shape index (κ2) is 7.58. The first-order chi connectivity index (χ1) is 8.95. The minimum Gasteiger partial charge on any atom is -0.377 e. The molecule has 0 aromatic heterocycles. The van der Waals surface area contributed by atoms with E-state index in [4.69, 9.17) is 10.5 Å². The Hall–Kier alpha value is -0.970. The molecule has 0 fully saturated rings. The van der Waals surface area contributed by atoms with Gasteiger partial charge in [-0.15, -0.1) is 0 Å². The molecule has 0 aliphatic rings. The van der Waals surface area contributed by atoms with Crippen molar-refractivity contribution in [3.05, 3.63) is 35.1 Å². The van der Waals surface area contributed by atoms with E-state index >= 15 is 0 Å². The van der Waals surface area contributed by atoms with Crippen LogP contribution >= 0.6 is 0 Å². The van der Waals surface area contributed by atoms with Crippen LogP contribution in [0.5, 0.6) is 0 Å². The van der Waals surface area contributed by atoms with E-state index in [0.29, 0.717) is 18.7 Å². The fourth-order valence-corrected chi connectivity index (χ4v) is 2.03. The predicted molar refractivity (Wildman–Crippen MR) is 76.7 cm³/mol. The molecule has 0 radical (unpaired) electrons. The van der Waals surface area contributed by atoms with E-state index in [1.807, 2.05) is 27.0 Å². The summed E-state index contributed by atoms with van der Waals surface area (Å²) in [5.41, 5.74) is 7.55. The Labute approximate surface area is 115 Å². The predicted octanol–water partition coefficient (Wildman–Crippen LogP) is 2.49. The number of hydrogen-bond donors (Lipinski definition) is 1. The summed E-state index contributed by atoms with van der Waals surface area (Å²) >= 11 is 0. The summed E-state index contributed by atoms with van der Waals surface area (Å²) in [6.07, 6.45) is 0.234. The fourth-order valence-electron chi connectivity index (χ4n) is 2.03. The molecule has 1 atom stereocenters. The van der Waals surface area contributed by atoms with Gasteiger partial charge in [0.15, 0.2) is 0 Å². The SMILES string of the molecule is Cc1cc(C(CN)N(C)CCOC(C)C)ccc1F. The molecule has 0 aliphatic carbocycles. The van der Waals surface area contributed by atoms with Crippen molar-refractivity contribution in [2.75, 3.05) is 26.7 Å². The summed E-state index contributed by atoms with van der Waals surface area (Å²) in [7, 11) is 2.01. The van der Waals surface area contributed by atoms with Crippen molar-refractivity contribution in [3.63, 3.8) is 0 Å². The van der Waals surface area contributed by atoms with Crippen molar-refractivity contribution in [3.8, 4) is 0 Å². The zero-order valence-electron chi connectivity index (χ0n) is 12.3. The van der Waals surface area contributed by atoms with Gasteiger partial charge < -0.3 is 10.5 Å². The number of benzene rings is 1. The molecule has 3 nitrogen and oxygen atoms in total. The average molecular weight is 268 g/mol. The summed E-state index contributed by atoms with van der Waals surface area (Å²) in [5.74, 6) is -0.176. The molecule has 0 spiro atoms. The standard InChI is InChI=1S/C15H25FN2O/c1-11(2)19-8-7-18(4)15(10-17)13-5-6-14(16)12(3)9-13/h5-6,9,11,15H,7-8,10,17H2,1-4H3. The second-order valence-corrected chi connectivity index (χ2v) is 5.16. The molecule has 0 bridgehead atoms. The van der Waals surface area contributed by atoms with Crippen molar-refractivity contribution < 1.29 is 9.13 Å². The highest BCUT2D eigenvalue weighted by Gasteiger charge is 2.16. The summed E-state index contributed by atoms with van der Waals surface area (Å²) in [6.45, 7) is 7.78. The first-order valence-electron chi connectivity index (χ1n) is 6.73. The Morgan fingerprint density at radius 2 is 2.05 bits per heavy atom. The van der Waals surface area contributed by atoms with Crippen LogP contribution in [0.3, 0.4) is 0 Å². The molecule has 19 heavy (non-hydrogen) atoms. The first kappa shape index (κ1) is 16.1. The highest BCUT2D eigenvalue weighted by Crippen LogP contribution is 2.20. The number of hydrogen-bond acceptors (Lipinski definition) is 3. The molecule has 0 amide bonds. The molecule has 4 heteroatoms. The van der Waals surface area contributed by atoms with Gasteiger partial charge in [-0.3, -0.25) is 4.90 Å². The maximum absolute atomic E-state index is 13.3. The quantitative estimate of drug-likeness (QED) is 0.825. The third kappa shape index (κ3) is 4.90. The average Bonchev–Trinajstić information content (AvgIpc) is 2.34. The fraction of sp³-hybridized carbons (Fsp3) is 0.600. The van der Waals surface area contributed by atoms with E-state index in [-0.39, 0.29) is 18.0 Å². The van der Waals surface area contributed by atoms with Gasteiger partial charge in [0.25, 0.3) is 0 Å². The van der Waals surface area contributed by atoms with Gasteiger partial charge in [0.1, 0.15) is 5.82 Å². The molecule has 1 unspecified atom stereocenters. The molecule has 0 aliphatic heterocycles. The van der Waals surface area contributed by atoms with Crippen molar-refractivity contribution in [1.29, 1.82) is 0 Å². The van der Waals surface area contributed by atoms with Gasteiger partial charge in [-0.2, -0.15) is 0 Å². The normalized spacial score (nSPS) is 13.3. The Kier molecular flexibility index (Phi) is 6.42. The van der Waals surface area contributed by atoms with Gasteiger partial charge in [-0.25, -0.2) is 4.39 Å². The topological polar surface area (TPSA) is 38.5 Å². The minimum absolute atomic E-state index is 0.0927. The van der Waals surface area contributed by atoms with Gasteiger partial charge >= 0.3 is 0 Å². The minimum atomic E-state index is -0.176. The molecule has 108 valence electrons. The summed E-state index contributed by atoms with van der Waals surface area (Å²) in [4.78, 5) is 2.15. The van der Waals surface area contributed by atoms with Crippen LogP contribution in [0.1, 0.15) is 31.0 Å². The third-order valence-corrected chi connectivity index (χ3v) is 3.22. The molecule has 1 aromatic rings. The molecule has 1 rings (SSSR count). The van der Waals surface area contributed by atoms with Crippen LogP contribution in [0.15, 0.2) is 18.2 Å².